The summed E-state index contributed by atoms with van der Waals surface area (Å²) >= 11 is 0. The Morgan fingerprint density at radius 3 is 2.52 bits per heavy atom. The fraction of sp³-hybridized carbons (Fsp3) is 0.333. The summed E-state index contributed by atoms with van der Waals surface area (Å²) in [4.78, 5) is 52.2. The molecular formula is C24H25N3O4. The molecule has 7 nitrogen and oxygen atoms in total. The van der Waals surface area contributed by atoms with Crippen molar-refractivity contribution in [2.24, 2.45) is 5.92 Å². The lowest BCUT2D eigenvalue weighted by atomic mass is 10.1. The highest BCUT2D eigenvalue weighted by molar-refractivity contribution is 6.04. The topological polar surface area (TPSA) is 86.8 Å². The molecule has 160 valence electrons. The number of hydrogen-bond acceptors (Lipinski definition) is 4. The Balaban J connectivity index is 1.44. The van der Waals surface area contributed by atoms with Gasteiger partial charge >= 0.3 is 0 Å². The van der Waals surface area contributed by atoms with E-state index in [0.29, 0.717) is 30.8 Å². The van der Waals surface area contributed by atoms with E-state index in [9.17, 15) is 19.2 Å². The van der Waals surface area contributed by atoms with Gasteiger partial charge in [-0.15, -0.1) is 0 Å². The molecule has 0 spiro atoms. The fourth-order valence-corrected chi connectivity index (χ4v) is 4.17. The van der Waals surface area contributed by atoms with Crippen LogP contribution in [0.5, 0.6) is 0 Å². The molecular weight excluding hydrogens is 394 g/mol. The molecule has 7 heteroatoms. The SMILES string of the molecule is CCC(=O)N1CCc2cc(N3C[C@@H](C(=O)Nc4ccc(C(C)=O)cc4)CC3=O)ccc21. The van der Waals surface area contributed by atoms with Crippen LogP contribution in [0.4, 0.5) is 17.1 Å². The Kier molecular flexibility index (Phi) is 5.59. The number of rotatable bonds is 5. The summed E-state index contributed by atoms with van der Waals surface area (Å²) < 4.78 is 0. The summed E-state index contributed by atoms with van der Waals surface area (Å²) in [6.07, 6.45) is 1.37. The largest absolute Gasteiger partial charge is 0.326 e. The van der Waals surface area contributed by atoms with Crippen LogP contribution in [0.25, 0.3) is 0 Å². The molecule has 4 rings (SSSR count). The molecule has 0 aromatic heterocycles. The van der Waals surface area contributed by atoms with E-state index >= 15 is 0 Å². The molecule has 31 heavy (non-hydrogen) atoms. The Bertz CT molecular complexity index is 1060. The van der Waals surface area contributed by atoms with Gasteiger partial charge in [0.05, 0.1) is 5.92 Å². The first kappa shape index (κ1) is 20.8. The fourth-order valence-electron chi connectivity index (χ4n) is 4.17. The Morgan fingerprint density at radius 2 is 1.84 bits per heavy atom. The molecule has 2 aliphatic rings. The second-order valence-electron chi connectivity index (χ2n) is 7.99. The van der Waals surface area contributed by atoms with Crippen LogP contribution >= 0.6 is 0 Å². The molecule has 2 aromatic carbocycles. The molecule has 0 aliphatic carbocycles. The first-order valence-corrected chi connectivity index (χ1v) is 10.5. The van der Waals surface area contributed by atoms with Gasteiger partial charge in [0.1, 0.15) is 0 Å². The number of hydrogen-bond donors (Lipinski definition) is 1. The van der Waals surface area contributed by atoms with Gasteiger partial charge in [0.15, 0.2) is 5.78 Å². The third kappa shape index (κ3) is 4.08. The van der Waals surface area contributed by atoms with Crippen molar-refractivity contribution >= 4 is 40.6 Å². The standard InChI is InChI=1S/C24H25N3O4/c1-3-22(29)26-11-10-17-12-20(8-9-21(17)26)27-14-18(13-23(27)30)24(31)25-19-6-4-16(5-7-19)15(2)28/h4-9,12,18H,3,10-11,13-14H2,1-2H3,(H,25,31)/t18-/m0/s1. The van der Waals surface area contributed by atoms with E-state index in [4.69, 9.17) is 0 Å². The maximum absolute atomic E-state index is 12.7. The molecule has 0 bridgehead atoms. The van der Waals surface area contributed by atoms with Crippen LogP contribution in [0.3, 0.4) is 0 Å². The minimum Gasteiger partial charge on any atom is -0.326 e. The number of carbonyl (C=O) groups excluding carboxylic acids is 4. The van der Waals surface area contributed by atoms with Crippen molar-refractivity contribution in [1.29, 1.82) is 0 Å². The van der Waals surface area contributed by atoms with Gasteiger partial charge in [-0.1, -0.05) is 6.92 Å². The van der Waals surface area contributed by atoms with Gasteiger partial charge in [-0.25, -0.2) is 0 Å². The van der Waals surface area contributed by atoms with E-state index in [1.54, 1.807) is 34.1 Å². The number of carbonyl (C=O) groups is 4. The van der Waals surface area contributed by atoms with Gasteiger partial charge in [-0.2, -0.15) is 0 Å². The van der Waals surface area contributed by atoms with Crippen LogP contribution in [-0.4, -0.2) is 36.6 Å². The van der Waals surface area contributed by atoms with Crippen molar-refractivity contribution in [1.82, 2.24) is 0 Å². The number of Topliss-reactive ketones (excluding diaryl/α,β-unsaturated/α-hetero) is 1. The third-order valence-corrected chi connectivity index (χ3v) is 5.93. The minimum atomic E-state index is -0.452. The van der Waals surface area contributed by atoms with Gasteiger partial charge in [0.25, 0.3) is 0 Å². The lowest BCUT2D eigenvalue weighted by Crippen LogP contribution is -2.28. The minimum absolute atomic E-state index is 0.0357. The normalized spacial score (nSPS) is 17.6. The second kappa shape index (κ2) is 8.34. The van der Waals surface area contributed by atoms with Crippen molar-refractivity contribution in [3.8, 4) is 0 Å². The van der Waals surface area contributed by atoms with E-state index in [2.05, 4.69) is 5.32 Å². The van der Waals surface area contributed by atoms with Crippen LogP contribution in [-0.2, 0) is 20.8 Å². The van der Waals surface area contributed by atoms with Gasteiger partial charge in [0, 0.05) is 48.6 Å². The van der Waals surface area contributed by atoms with Crippen molar-refractivity contribution in [3.63, 3.8) is 0 Å². The molecule has 0 saturated carbocycles. The van der Waals surface area contributed by atoms with Crippen LogP contribution in [0, 0.1) is 5.92 Å². The zero-order valence-electron chi connectivity index (χ0n) is 17.7. The average Bonchev–Trinajstić information content (AvgIpc) is 3.36. The average molecular weight is 419 g/mol. The molecule has 0 unspecified atom stereocenters. The highest BCUT2D eigenvalue weighted by Gasteiger charge is 2.36. The Morgan fingerprint density at radius 1 is 1.10 bits per heavy atom. The zero-order chi connectivity index (χ0) is 22.1. The van der Waals surface area contributed by atoms with Gasteiger partial charge < -0.3 is 15.1 Å². The first-order chi connectivity index (χ1) is 14.9. The number of nitrogens with one attached hydrogen (secondary N) is 1. The number of fused-ring (bicyclic) bond motifs is 1. The molecule has 1 saturated heterocycles. The Hall–Kier alpha value is -3.48. The molecule has 2 aliphatic heterocycles. The molecule has 2 aromatic rings. The molecule has 1 fully saturated rings. The summed E-state index contributed by atoms with van der Waals surface area (Å²) in [5.74, 6) is -0.700. The number of nitrogens with zero attached hydrogens (tertiary/aromatic N) is 2. The maximum atomic E-state index is 12.7. The van der Waals surface area contributed by atoms with Crippen molar-refractivity contribution in [3.05, 3.63) is 53.6 Å². The van der Waals surface area contributed by atoms with E-state index in [1.165, 1.54) is 6.92 Å². The van der Waals surface area contributed by atoms with Crippen LogP contribution in [0.15, 0.2) is 42.5 Å². The Labute approximate surface area is 181 Å². The lowest BCUT2D eigenvalue weighted by molar-refractivity contribution is -0.122. The monoisotopic (exact) mass is 419 g/mol. The van der Waals surface area contributed by atoms with Crippen LogP contribution < -0.4 is 15.1 Å². The molecule has 0 radical (unpaired) electrons. The van der Waals surface area contributed by atoms with Crippen molar-refractivity contribution in [2.75, 3.05) is 28.2 Å². The van der Waals surface area contributed by atoms with E-state index in [1.807, 2.05) is 25.1 Å². The predicted octanol–water partition coefficient (Wildman–Crippen LogP) is 3.18. The summed E-state index contributed by atoms with van der Waals surface area (Å²) in [5, 5.41) is 2.84. The quantitative estimate of drug-likeness (QED) is 0.754. The lowest BCUT2D eigenvalue weighted by Gasteiger charge is -2.20. The highest BCUT2D eigenvalue weighted by Crippen LogP contribution is 2.34. The predicted molar refractivity (Wildman–Crippen MR) is 118 cm³/mol. The number of anilines is 3. The van der Waals surface area contributed by atoms with Crippen molar-refractivity contribution < 1.29 is 19.2 Å². The molecule has 1 N–H and O–H groups in total. The van der Waals surface area contributed by atoms with E-state index in [0.717, 1.165) is 23.4 Å². The van der Waals surface area contributed by atoms with Gasteiger partial charge in [0.2, 0.25) is 17.7 Å². The van der Waals surface area contributed by atoms with Gasteiger partial charge in [-0.05, 0) is 61.4 Å². The van der Waals surface area contributed by atoms with E-state index in [-0.39, 0.29) is 29.9 Å². The maximum Gasteiger partial charge on any atom is 0.229 e. The molecule has 3 amide bonds. The summed E-state index contributed by atoms with van der Waals surface area (Å²) in [5.41, 5.74) is 3.89. The van der Waals surface area contributed by atoms with Crippen molar-refractivity contribution in [2.45, 2.75) is 33.1 Å². The molecule has 2 heterocycles. The smallest absolute Gasteiger partial charge is 0.229 e. The first-order valence-electron chi connectivity index (χ1n) is 10.5. The van der Waals surface area contributed by atoms with Gasteiger partial charge in [-0.3, -0.25) is 19.2 Å². The summed E-state index contributed by atoms with van der Waals surface area (Å²) in [6.45, 7) is 4.31. The second-order valence-corrected chi connectivity index (χ2v) is 7.99. The third-order valence-electron chi connectivity index (χ3n) is 5.93. The molecule has 1 atom stereocenters. The summed E-state index contributed by atoms with van der Waals surface area (Å²) in [6, 6.07) is 12.4. The van der Waals surface area contributed by atoms with E-state index < -0.39 is 5.92 Å². The highest BCUT2D eigenvalue weighted by atomic mass is 16.2. The number of benzene rings is 2. The number of amides is 3. The number of ketones is 1. The summed E-state index contributed by atoms with van der Waals surface area (Å²) in [7, 11) is 0. The van der Waals surface area contributed by atoms with Crippen LogP contribution in [0.2, 0.25) is 0 Å². The van der Waals surface area contributed by atoms with Crippen LogP contribution in [0.1, 0.15) is 42.6 Å². The zero-order valence-corrected chi connectivity index (χ0v) is 17.7.